The van der Waals surface area contributed by atoms with Gasteiger partial charge in [-0.25, -0.2) is 8.42 Å². The van der Waals surface area contributed by atoms with Gasteiger partial charge in [-0.15, -0.1) is 0 Å². The van der Waals surface area contributed by atoms with E-state index in [1.165, 1.54) is 19.2 Å². The molecule has 0 radical (unpaired) electrons. The molecule has 0 aliphatic carbocycles. The summed E-state index contributed by atoms with van der Waals surface area (Å²) >= 11 is 0. The summed E-state index contributed by atoms with van der Waals surface area (Å²) in [5, 5.41) is 0. The molecular weight excluding hydrogens is 202 g/mol. The zero-order chi connectivity index (χ0) is 10.8. The normalized spacial score (nSPS) is 11.4. The van der Waals surface area contributed by atoms with Crippen LogP contribution < -0.4 is 10.5 Å². The van der Waals surface area contributed by atoms with Gasteiger partial charge in [0.05, 0.1) is 12.0 Å². The van der Waals surface area contributed by atoms with Crippen LogP contribution in [0.25, 0.3) is 0 Å². The van der Waals surface area contributed by atoms with Crippen LogP contribution in [-0.2, 0) is 16.4 Å². The first-order chi connectivity index (χ1) is 6.49. The van der Waals surface area contributed by atoms with Crippen molar-refractivity contribution in [2.24, 2.45) is 5.73 Å². The van der Waals surface area contributed by atoms with Gasteiger partial charge in [-0.05, 0) is 18.2 Å². The first-order valence-corrected chi connectivity index (χ1v) is 5.95. The van der Waals surface area contributed by atoms with E-state index < -0.39 is 9.84 Å². The number of hydrogen-bond acceptors (Lipinski definition) is 4. The Balaban J connectivity index is 3.28. The fourth-order valence-electron chi connectivity index (χ4n) is 1.15. The topological polar surface area (TPSA) is 69.4 Å². The Morgan fingerprint density at radius 1 is 1.43 bits per heavy atom. The minimum absolute atomic E-state index is 0.256. The van der Waals surface area contributed by atoms with Gasteiger partial charge in [0.1, 0.15) is 5.75 Å². The summed E-state index contributed by atoms with van der Waals surface area (Å²) in [4.78, 5) is 0.263. The van der Waals surface area contributed by atoms with Crippen LogP contribution in [0.15, 0.2) is 23.1 Å². The molecule has 4 nitrogen and oxygen atoms in total. The number of ether oxygens (including phenoxy) is 1. The Bertz CT molecular complexity index is 426. The quantitative estimate of drug-likeness (QED) is 0.799. The second-order valence-corrected chi connectivity index (χ2v) is 4.97. The van der Waals surface area contributed by atoms with Crippen LogP contribution in [-0.4, -0.2) is 21.8 Å². The molecule has 0 aromatic heterocycles. The molecule has 5 heteroatoms. The van der Waals surface area contributed by atoms with Crippen molar-refractivity contribution in [3.63, 3.8) is 0 Å². The standard InChI is InChI=1S/C9H13NO3S/c1-13-9-4-3-8(14(2,11)12)5-7(9)6-10/h3-5H,6,10H2,1-2H3. The van der Waals surface area contributed by atoms with E-state index in [1.54, 1.807) is 6.07 Å². The van der Waals surface area contributed by atoms with Gasteiger partial charge in [0.15, 0.2) is 9.84 Å². The van der Waals surface area contributed by atoms with Crippen molar-refractivity contribution < 1.29 is 13.2 Å². The van der Waals surface area contributed by atoms with Gasteiger partial charge in [0.25, 0.3) is 0 Å². The Labute approximate surface area is 83.6 Å². The molecule has 1 rings (SSSR count). The molecule has 0 saturated carbocycles. The van der Waals surface area contributed by atoms with E-state index in [0.717, 1.165) is 6.26 Å². The summed E-state index contributed by atoms with van der Waals surface area (Å²) in [6, 6.07) is 4.65. The van der Waals surface area contributed by atoms with Crippen molar-refractivity contribution in [1.29, 1.82) is 0 Å². The molecule has 0 spiro atoms. The molecule has 2 N–H and O–H groups in total. The predicted molar refractivity (Wildman–Crippen MR) is 54.0 cm³/mol. The fraction of sp³-hybridized carbons (Fsp3) is 0.333. The number of nitrogens with two attached hydrogens (primary N) is 1. The summed E-state index contributed by atoms with van der Waals surface area (Å²) in [5.41, 5.74) is 6.15. The Morgan fingerprint density at radius 3 is 2.50 bits per heavy atom. The van der Waals surface area contributed by atoms with Crippen molar-refractivity contribution >= 4 is 9.84 Å². The van der Waals surface area contributed by atoms with E-state index in [4.69, 9.17) is 10.5 Å². The van der Waals surface area contributed by atoms with Crippen LogP contribution in [0.3, 0.4) is 0 Å². The average Bonchev–Trinajstić information content (AvgIpc) is 2.15. The third kappa shape index (κ3) is 2.24. The average molecular weight is 215 g/mol. The van der Waals surface area contributed by atoms with Gasteiger partial charge < -0.3 is 10.5 Å². The summed E-state index contributed by atoms with van der Waals surface area (Å²) in [5.74, 6) is 0.611. The summed E-state index contributed by atoms with van der Waals surface area (Å²) in [6.07, 6.45) is 1.16. The third-order valence-corrected chi connectivity index (χ3v) is 3.01. The van der Waals surface area contributed by atoms with Crippen LogP contribution in [0, 0.1) is 0 Å². The number of methoxy groups -OCH3 is 1. The molecule has 1 aromatic carbocycles. The van der Waals surface area contributed by atoms with Crippen LogP contribution >= 0.6 is 0 Å². The highest BCUT2D eigenvalue weighted by atomic mass is 32.2. The van der Waals surface area contributed by atoms with E-state index in [0.29, 0.717) is 11.3 Å². The number of rotatable bonds is 3. The monoisotopic (exact) mass is 215 g/mol. The van der Waals surface area contributed by atoms with E-state index in [9.17, 15) is 8.42 Å². The molecule has 0 atom stereocenters. The van der Waals surface area contributed by atoms with E-state index in [1.807, 2.05) is 0 Å². The highest BCUT2D eigenvalue weighted by Gasteiger charge is 2.10. The fourth-order valence-corrected chi connectivity index (χ4v) is 1.82. The molecule has 0 amide bonds. The highest BCUT2D eigenvalue weighted by molar-refractivity contribution is 7.90. The molecule has 0 saturated heterocycles. The summed E-state index contributed by atoms with van der Waals surface area (Å²) in [6.45, 7) is 0.256. The highest BCUT2D eigenvalue weighted by Crippen LogP contribution is 2.21. The van der Waals surface area contributed by atoms with Crippen LogP contribution in [0.1, 0.15) is 5.56 Å². The number of benzene rings is 1. The van der Waals surface area contributed by atoms with Crippen LogP contribution in [0.4, 0.5) is 0 Å². The maximum Gasteiger partial charge on any atom is 0.175 e. The molecule has 0 unspecified atom stereocenters. The second kappa shape index (κ2) is 3.98. The van der Waals surface area contributed by atoms with Crippen molar-refractivity contribution in [2.75, 3.05) is 13.4 Å². The Kier molecular flexibility index (Phi) is 3.13. The molecule has 78 valence electrons. The maximum absolute atomic E-state index is 11.2. The van der Waals surface area contributed by atoms with E-state index in [-0.39, 0.29) is 11.4 Å². The van der Waals surface area contributed by atoms with Gasteiger partial charge >= 0.3 is 0 Å². The second-order valence-electron chi connectivity index (χ2n) is 2.95. The lowest BCUT2D eigenvalue weighted by Gasteiger charge is -2.07. The maximum atomic E-state index is 11.2. The minimum atomic E-state index is -3.17. The summed E-state index contributed by atoms with van der Waals surface area (Å²) < 4.78 is 27.5. The summed E-state index contributed by atoms with van der Waals surface area (Å²) in [7, 11) is -1.65. The van der Waals surface area contributed by atoms with Crippen molar-refractivity contribution in [3.8, 4) is 5.75 Å². The van der Waals surface area contributed by atoms with Gasteiger partial charge in [-0.3, -0.25) is 0 Å². The van der Waals surface area contributed by atoms with Crippen LogP contribution in [0.5, 0.6) is 5.75 Å². The molecular formula is C9H13NO3S. The van der Waals surface area contributed by atoms with Crippen molar-refractivity contribution in [1.82, 2.24) is 0 Å². The van der Waals surface area contributed by atoms with E-state index in [2.05, 4.69) is 0 Å². The zero-order valence-electron chi connectivity index (χ0n) is 8.15. The Hall–Kier alpha value is -1.07. The lowest BCUT2D eigenvalue weighted by atomic mass is 10.2. The zero-order valence-corrected chi connectivity index (χ0v) is 8.97. The third-order valence-electron chi connectivity index (χ3n) is 1.90. The Morgan fingerprint density at radius 2 is 2.07 bits per heavy atom. The van der Waals surface area contributed by atoms with Crippen molar-refractivity contribution in [3.05, 3.63) is 23.8 Å². The molecule has 14 heavy (non-hydrogen) atoms. The molecule has 0 aliphatic heterocycles. The number of hydrogen-bond donors (Lipinski definition) is 1. The lowest BCUT2D eigenvalue weighted by molar-refractivity contribution is 0.409. The van der Waals surface area contributed by atoms with E-state index >= 15 is 0 Å². The molecule has 0 heterocycles. The molecule has 0 bridgehead atoms. The first kappa shape index (κ1) is 11.0. The van der Waals surface area contributed by atoms with Crippen LogP contribution in [0.2, 0.25) is 0 Å². The molecule has 0 aliphatic rings. The van der Waals surface area contributed by atoms with Gasteiger partial charge in [0, 0.05) is 18.4 Å². The largest absolute Gasteiger partial charge is 0.496 e. The molecule has 1 aromatic rings. The van der Waals surface area contributed by atoms with Gasteiger partial charge in [0.2, 0.25) is 0 Å². The SMILES string of the molecule is COc1ccc(S(C)(=O)=O)cc1CN. The molecule has 0 fully saturated rings. The predicted octanol–water partition coefficient (Wildman–Crippen LogP) is 0.557. The lowest BCUT2D eigenvalue weighted by Crippen LogP contribution is -2.03. The van der Waals surface area contributed by atoms with Gasteiger partial charge in [-0.1, -0.05) is 0 Å². The number of sulfone groups is 1. The van der Waals surface area contributed by atoms with Crippen molar-refractivity contribution in [2.45, 2.75) is 11.4 Å². The van der Waals surface area contributed by atoms with Gasteiger partial charge in [-0.2, -0.15) is 0 Å². The smallest absolute Gasteiger partial charge is 0.175 e. The minimum Gasteiger partial charge on any atom is -0.496 e. The first-order valence-electron chi connectivity index (χ1n) is 4.06.